The van der Waals surface area contributed by atoms with Crippen molar-refractivity contribution in [3.8, 4) is 0 Å². The van der Waals surface area contributed by atoms with Gasteiger partial charge < -0.3 is 5.32 Å². The van der Waals surface area contributed by atoms with E-state index in [2.05, 4.69) is 25.2 Å². The summed E-state index contributed by atoms with van der Waals surface area (Å²) in [5.41, 5.74) is 4.53. The zero-order valence-electron chi connectivity index (χ0n) is 9.84. The molecule has 0 heterocycles. The number of anilines is 1. The highest BCUT2D eigenvalue weighted by molar-refractivity contribution is 5.97. The van der Waals surface area contributed by atoms with Crippen LogP contribution in [0.1, 0.15) is 30.4 Å². The van der Waals surface area contributed by atoms with Gasteiger partial charge in [-0.1, -0.05) is 12.1 Å². The van der Waals surface area contributed by atoms with Crippen LogP contribution in [0.4, 0.5) is 5.69 Å². The summed E-state index contributed by atoms with van der Waals surface area (Å²) in [6.07, 6.45) is 4.49. The van der Waals surface area contributed by atoms with E-state index in [1.54, 1.807) is 0 Å². The molecule has 1 N–H and O–H groups in total. The Morgan fingerprint density at radius 3 is 2.75 bits per heavy atom. The number of hydrogen-bond donors (Lipinski definition) is 1. The summed E-state index contributed by atoms with van der Waals surface area (Å²) in [6.45, 7) is 4.18. The van der Waals surface area contributed by atoms with Gasteiger partial charge in [-0.3, -0.25) is 4.79 Å². The van der Waals surface area contributed by atoms with Crippen molar-refractivity contribution >= 4 is 11.5 Å². The van der Waals surface area contributed by atoms with Crippen LogP contribution in [0.2, 0.25) is 0 Å². The molecule has 0 aromatic heterocycles. The lowest BCUT2D eigenvalue weighted by molar-refractivity contribution is -0.114. The first-order chi connectivity index (χ1) is 7.68. The van der Waals surface area contributed by atoms with Gasteiger partial charge in [0.05, 0.1) is 0 Å². The molecular formula is C14H17NO. The van der Waals surface area contributed by atoms with Crippen LogP contribution in [0, 0.1) is 13.8 Å². The molecule has 1 aliphatic carbocycles. The van der Waals surface area contributed by atoms with E-state index in [1.807, 2.05) is 18.3 Å². The van der Waals surface area contributed by atoms with E-state index >= 15 is 0 Å². The minimum Gasteiger partial charge on any atom is -0.361 e. The molecule has 2 nitrogen and oxygen atoms in total. The first-order valence-corrected chi connectivity index (χ1v) is 5.73. The van der Waals surface area contributed by atoms with Crippen molar-refractivity contribution in [2.75, 3.05) is 5.32 Å². The molecule has 1 fully saturated rings. The number of benzene rings is 1. The third-order valence-electron chi connectivity index (χ3n) is 3.21. The average molecular weight is 215 g/mol. The van der Waals surface area contributed by atoms with E-state index in [1.165, 1.54) is 11.1 Å². The maximum Gasteiger partial charge on any atom is 0.160 e. The molecule has 0 spiro atoms. The molecule has 0 radical (unpaired) electrons. The number of rotatable bonds is 2. The molecule has 0 amide bonds. The fourth-order valence-corrected chi connectivity index (χ4v) is 1.96. The van der Waals surface area contributed by atoms with Gasteiger partial charge in [-0.2, -0.15) is 0 Å². The molecule has 2 heteroatoms. The number of nitrogens with one attached hydrogen (secondary N) is 1. The zero-order chi connectivity index (χ0) is 11.5. The fourth-order valence-electron chi connectivity index (χ4n) is 1.96. The van der Waals surface area contributed by atoms with Crippen molar-refractivity contribution in [3.05, 3.63) is 41.1 Å². The van der Waals surface area contributed by atoms with E-state index in [0.29, 0.717) is 6.42 Å². The van der Waals surface area contributed by atoms with Gasteiger partial charge in [-0.15, -0.1) is 0 Å². The second kappa shape index (κ2) is 4.52. The number of aryl methyl sites for hydroxylation is 1. The van der Waals surface area contributed by atoms with Crippen molar-refractivity contribution in [2.24, 2.45) is 0 Å². The van der Waals surface area contributed by atoms with Crippen molar-refractivity contribution in [3.63, 3.8) is 0 Å². The van der Waals surface area contributed by atoms with Crippen molar-refractivity contribution < 1.29 is 4.79 Å². The smallest absolute Gasteiger partial charge is 0.160 e. The SMILES string of the molecule is Cc1cccc(N/C=C2/CCCC2=O)c1C. The van der Waals surface area contributed by atoms with Crippen molar-refractivity contribution in [1.29, 1.82) is 0 Å². The van der Waals surface area contributed by atoms with Gasteiger partial charge in [0, 0.05) is 23.9 Å². The van der Waals surface area contributed by atoms with Gasteiger partial charge in [0.1, 0.15) is 0 Å². The van der Waals surface area contributed by atoms with Crippen LogP contribution in [-0.2, 0) is 4.79 Å². The molecule has 1 aliphatic rings. The van der Waals surface area contributed by atoms with Gasteiger partial charge >= 0.3 is 0 Å². The lowest BCUT2D eigenvalue weighted by Crippen LogP contribution is -1.98. The first kappa shape index (κ1) is 10.9. The Labute approximate surface area is 96.4 Å². The van der Waals surface area contributed by atoms with Crippen molar-refractivity contribution in [2.45, 2.75) is 33.1 Å². The molecule has 2 rings (SSSR count). The summed E-state index contributed by atoms with van der Waals surface area (Å²) in [4.78, 5) is 11.4. The monoisotopic (exact) mass is 215 g/mol. The van der Waals surface area contributed by atoms with Crippen LogP contribution in [0.15, 0.2) is 30.0 Å². The summed E-state index contributed by atoms with van der Waals surface area (Å²) in [5.74, 6) is 0.290. The predicted molar refractivity (Wildman–Crippen MR) is 66.5 cm³/mol. The molecule has 84 valence electrons. The maximum absolute atomic E-state index is 11.4. The van der Waals surface area contributed by atoms with Crippen LogP contribution in [0.25, 0.3) is 0 Å². The topological polar surface area (TPSA) is 29.1 Å². The van der Waals surface area contributed by atoms with E-state index in [0.717, 1.165) is 24.1 Å². The molecule has 0 saturated heterocycles. The van der Waals surface area contributed by atoms with Crippen LogP contribution >= 0.6 is 0 Å². The summed E-state index contributed by atoms with van der Waals surface area (Å²) in [6, 6.07) is 6.16. The van der Waals surface area contributed by atoms with Gasteiger partial charge in [0.25, 0.3) is 0 Å². The minimum absolute atomic E-state index is 0.290. The molecular weight excluding hydrogens is 198 g/mol. The van der Waals surface area contributed by atoms with E-state index in [-0.39, 0.29) is 5.78 Å². The number of allylic oxidation sites excluding steroid dienone is 1. The summed E-state index contributed by atoms with van der Waals surface area (Å²) >= 11 is 0. The molecule has 1 aromatic carbocycles. The van der Waals surface area contributed by atoms with E-state index < -0.39 is 0 Å². The standard InChI is InChI=1S/C14H17NO/c1-10-5-3-7-13(11(10)2)15-9-12-6-4-8-14(12)16/h3,5,7,9,15H,4,6,8H2,1-2H3/b12-9-. The molecule has 0 bridgehead atoms. The molecule has 1 saturated carbocycles. The highest BCUT2D eigenvalue weighted by atomic mass is 16.1. The molecule has 0 aliphatic heterocycles. The quantitative estimate of drug-likeness (QED) is 0.766. The number of hydrogen-bond acceptors (Lipinski definition) is 2. The summed E-state index contributed by atoms with van der Waals surface area (Å²) in [7, 11) is 0. The Bertz CT molecular complexity index is 446. The molecule has 1 aromatic rings. The largest absolute Gasteiger partial charge is 0.361 e. The first-order valence-electron chi connectivity index (χ1n) is 5.73. The fraction of sp³-hybridized carbons (Fsp3) is 0.357. The van der Waals surface area contributed by atoms with Gasteiger partial charge in [-0.25, -0.2) is 0 Å². The predicted octanol–water partition coefficient (Wildman–Crippen LogP) is 3.35. The van der Waals surface area contributed by atoms with E-state index in [9.17, 15) is 4.79 Å². The van der Waals surface area contributed by atoms with Crippen LogP contribution in [0.5, 0.6) is 0 Å². The second-order valence-electron chi connectivity index (χ2n) is 4.34. The Morgan fingerprint density at radius 2 is 2.06 bits per heavy atom. The number of Topliss-reactive ketones (excluding diaryl/α,β-unsaturated/α-hetero) is 1. The molecule has 0 unspecified atom stereocenters. The van der Waals surface area contributed by atoms with Crippen LogP contribution in [0.3, 0.4) is 0 Å². The Balaban J connectivity index is 2.16. The lowest BCUT2D eigenvalue weighted by Gasteiger charge is -2.08. The van der Waals surface area contributed by atoms with Crippen LogP contribution < -0.4 is 5.32 Å². The van der Waals surface area contributed by atoms with Gasteiger partial charge in [0.2, 0.25) is 0 Å². The highest BCUT2D eigenvalue weighted by Gasteiger charge is 2.16. The molecule has 16 heavy (non-hydrogen) atoms. The maximum atomic E-state index is 11.4. The molecule has 0 atom stereocenters. The Morgan fingerprint density at radius 1 is 1.25 bits per heavy atom. The summed E-state index contributed by atoms with van der Waals surface area (Å²) in [5, 5.41) is 3.24. The van der Waals surface area contributed by atoms with Crippen molar-refractivity contribution in [1.82, 2.24) is 0 Å². The normalized spacial score (nSPS) is 18.1. The van der Waals surface area contributed by atoms with E-state index in [4.69, 9.17) is 0 Å². The zero-order valence-corrected chi connectivity index (χ0v) is 9.84. The highest BCUT2D eigenvalue weighted by Crippen LogP contribution is 2.22. The van der Waals surface area contributed by atoms with Crippen LogP contribution in [-0.4, -0.2) is 5.78 Å². The van der Waals surface area contributed by atoms with Gasteiger partial charge in [-0.05, 0) is 43.9 Å². The lowest BCUT2D eigenvalue weighted by atomic mass is 10.1. The summed E-state index contributed by atoms with van der Waals surface area (Å²) < 4.78 is 0. The number of carbonyl (C=O) groups is 1. The number of ketones is 1. The Hall–Kier alpha value is -1.57. The average Bonchev–Trinajstić information content (AvgIpc) is 2.67. The Kier molecular flexibility index (Phi) is 3.09. The minimum atomic E-state index is 0.290. The third-order valence-corrected chi connectivity index (χ3v) is 3.21. The number of carbonyl (C=O) groups excluding carboxylic acids is 1. The second-order valence-corrected chi connectivity index (χ2v) is 4.34. The van der Waals surface area contributed by atoms with Gasteiger partial charge in [0.15, 0.2) is 5.78 Å². The third kappa shape index (κ3) is 2.16.